The molecule has 0 aromatic heterocycles. The zero-order valence-electron chi connectivity index (χ0n) is 12.7. The molecule has 4 heteroatoms. The Balaban J connectivity index is 2.39. The van der Waals surface area contributed by atoms with Crippen LogP contribution >= 0.6 is 0 Å². The molecule has 3 nitrogen and oxygen atoms in total. The standard InChI is InChI=1S/C16H26FNO2/c1-4-6-9-19-10-11-20-14-7-8-15(16(17)12-14)13(3)18-5-2/h7-8,12-13,18H,4-6,9-11H2,1-3H3. The lowest BCUT2D eigenvalue weighted by Gasteiger charge is -2.14. The summed E-state index contributed by atoms with van der Waals surface area (Å²) in [6.45, 7) is 8.64. The van der Waals surface area contributed by atoms with Crippen LogP contribution in [0.2, 0.25) is 0 Å². The zero-order valence-corrected chi connectivity index (χ0v) is 12.7. The molecule has 1 rings (SSSR count). The molecule has 1 aromatic carbocycles. The quantitative estimate of drug-likeness (QED) is 0.664. The Hall–Kier alpha value is -1.13. The maximum absolute atomic E-state index is 13.9. The highest BCUT2D eigenvalue weighted by molar-refractivity contribution is 5.30. The smallest absolute Gasteiger partial charge is 0.131 e. The van der Waals surface area contributed by atoms with E-state index >= 15 is 0 Å². The fraction of sp³-hybridized carbons (Fsp3) is 0.625. The van der Waals surface area contributed by atoms with Crippen LogP contribution in [0.25, 0.3) is 0 Å². The number of nitrogens with one attached hydrogen (secondary N) is 1. The van der Waals surface area contributed by atoms with E-state index in [1.807, 2.05) is 13.8 Å². The predicted octanol–water partition coefficient (Wildman–Crippen LogP) is 3.69. The van der Waals surface area contributed by atoms with E-state index < -0.39 is 0 Å². The van der Waals surface area contributed by atoms with Crippen LogP contribution in [-0.4, -0.2) is 26.4 Å². The van der Waals surface area contributed by atoms with Gasteiger partial charge in [0.05, 0.1) is 6.61 Å². The predicted molar refractivity (Wildman–Crippen MR) is 79.7 cm³/mol. The summed E-state index contributed by atoms with van der Waals surface area (Å²) in [5.74, 6) is 0.317. The zero-order chi connectivity index (χ0) is 14.8. The number of rotatable bonds is 10. The molecule has 0 fully saturated rings. The van der Waals surface area contributed by atoms with Crippen molar-refractivity contribution in [1.82, 2.24) is 5.32 Å². The van der Waals surface area contributed by atoms with Crippen molar-refractivity contribution >= 4 is 0 Å². The van der Waals surface area contributed by atoms with E-state index in [0.717, 1.165) is 26.0 Å². The minimum Gasteiger partial charge on any atom is -0.491 e. The van der Waals surface area contributed by atoms with Crippen LogP contribution in [0.1, 0.15) is 45.2 Å². The number of ether oxygens (including phenoxy) is 2. The first-order chi connectivity index (χ1) is 9.69. The number of benzene rings is 1. The first-order valence-electron chi connectivity index (χ1n) is 7.42. The second-order valence-electron chi connectivity index (χ2n) is 4.78. The molecule has 0 spiro atoms. The third-order valence-electron chi connectivity index (χ3n) is 3.09. The van der Waals surface area contributed by atoms with Gasteiger partial charge in [0.1, 0.15) is 18.2 Å². The van der Waals surface area contributed by atoms with Gasteiger partial charge in [-0.3, -0.25) is 0 Å². The fourth-order valence-electron chi connectivity index (χ4n) is 1.93. The lowest BCUT2D eigenvalue weighted by molar-refractivity contribution is 0.0979. The molecule has 0 aliphatic rings. The summed E-state index contributed by atoms with van der Waals surface area (Å²) in [4.78, 5) is 0. The van der Waals surface area contributed by atoms with E-state index in [9.17, 15) is 4.39 Å². The molecular formula is C16H26FNO2. The topological polar surface area (TPSA) is 30.5 Å². The average Bonchev–Trinajstić information content (AvgIpc) is 2.43. The van der Waals surface area contributed by atoms with Crippen molar-refractivity contribution in [2.75, 3.05) is 26.4 Å². The summed E-state index contributed by atoms with van der Waals surface area (Å²) >= 11 is 0. The average molecular weight is 283 g/mol. The van der Waals surface area contributed by atoms with Crippen molar-refractivity contribution in [3.05, 3.63) is 29.6 Å². The van der Waals surface area contributed by atoms with Gasteiger partial charge in [-0.25, -0.2) is 4.39 Å². The number of hydrogen-bond donors (Lipinski definition) is 1. The fourth-order valence-corrected chi connectivity index (χ4v) is 1.93. The van der Waals surface area contributed by atoms with E-state index in [1.165, 1.54) is 6.07 Å². The normalized spacial score (nSPS) is 12.4. The van der Waals surface area contributed by atoms with Crippen LogP contribution in [-0.2, 0) is 4.74 Å². The second kappa shape index (κ2) is 9.72. The largest absolute Gasteiger partial charge is 0.491 e. The summed E-state index contributed by atoms with van der Waals surface area (Å²) in [7, 11) is 0. The molecule has 1 atom stereocenters. The maximum Gasteiger partial charge on any atom is 0.131 e. The molecule has 1 N–H and O–H groups in total. The van der Waals surface area contributed by atoms with Crippen molar-refractivity contribution in [3.8, 4) is 5.75 Å². The Kier molecular flexibility index (Phi) is 8.23. The summed E-state index contributed by atoms with van der Waals surface area (Å²) in [5, 5.41) is 3.19. The summed E-state index contributed by atoms with van der Waals surface area (Å²) < 4.78 is 24.8. The molecule has 0 bridgehead atoms. The molecule has 0 amide bonds. The molecule has 1 aromatic rings. The summed E-state index contributed by atoms with van der Waals surface area (Å²) in [5.41, 5.74) is 0.665. The first-order valence-corrected chi connectivity index (χ1v) is 7.42. The van der Waals surface area contributed by atoms with Gasteiger partial charge >= 0.3 is 0 Å². The third kappa shape index (κ3) is 5.88. The molecule has 114 valence electrons. The Labute approximate surface area is 121 Å². The Morgan fingerprint density at radius 3 is 2.65 bits per heavy atom. The van der Waals surface area contributed by atoms with E-state index in [-0.39, 0.29) is 11.9 Å². The van der Waals surface area contributed by atoms with Gasteiger partial charge in [0.2, 0.25) is 0 Å². The van der Waals surface area contributed by atoms with E-state index in [4.69, 9.17) is 9.47 Å². The number of unbranched alkanes of at least 4 members (excludes halogenated alkanes) is 1. The molecule has 0 saturated carbocycles. The molecule has 1 unspecified atom stereocenters. The molecule has 0 aliphatic heterocycles. The van der Waals surface area contributed by atoms with Gasteiger partial charge in [0, 0.05) is 24.3 Å². The lowest BCUT2D eigenvalue weighted by atomic mass is 10.1. The van der Waals surface area contributed by atoms with Gasteiger partial charge in [0.25, 0.3) is 0 Å². The van der Waals surface area contributed by atoms with Crippen LogP contribution in [0.3, 0.4) is 0 Å². The van der Waals surface area contributed by atoms with Crippen molar-refractivity contribution in [3.63, 3.8) is 0 Å². The number of halogens is 1. The van der Waals surface area contributed by atoms with Crippen LogP contribution < -0.4 is 10.1 Å². The van der Waals surface area contributed by atoms with Gasteiger partial charge in [0.15, 0.2) is 0 Å². The van der Waals surface area contributed by atoms with E-state index in [1.54, 1.807) is 12.1 Å². The van der Waals surface area contributed by atoms with Crippen LogP contribution in [0.4, 0.5) is 4.39 Å². The van der Waals surface area contributed by atoms with Gasteiger partial charge in [-0.2, -0.15) is 0 Å². The first kappa shape index (κ1) is 16.9. The SMILES string of the molecule is CCCCOCCOc1ccc(C(C)NCC)c(F)c1. The summed E-state index contributed by atoms with van der Waals surface area (Å²) in [6, 6.07) is 5.02. The maximum atomic E-state index is 13.9. The molecule has 0 saturated heterocycles. The minimum atomic E-state index is -0.233. The summed E-state index contributed by atoms with van der Waals surface area (Å²) in [6.07, 6.45) is 2.18. The van der Waals surface area contributed by atoms with E-state index in [0.29, 0.717) is 24.5 Å². The van der Waals surface area contributed by atoms with Gasteiger partial charge < -0.3 is 14.8 Å². The number of hydrogen-bond acceptors (Lipinski definition) is 3. The Morgan fingerprint density at radius 2 is 2.00 bits per heavy atom. The van der Waals surface area contributed by atoms with Gasteiger partial charge in [-0.15, -0.1) is 0 Å². The minimum absolute atomic E-state index is 0.00595. The van der Waals surface area contributed by atoms with Gasteiger partial charge in [-0.1, -0.05) is 26.3 Å². The molecule has 0 heterocycles. The monoisotopic (exact) mass is 283 g/mol. The van der Waals surface area contributed by atoms with Gasteiger partial charge in [-0.05, 0) is 26.0 Å². The molecule has 20 heavy (non-hydrogen) atoms. The molecule has 0 radical (unpaired) electrons. The van der Waals surface area contributed by atoms with E-state index in [2.05, 4.69) is 12.2 Å². The Morgan fingerprint density at radius 1 is 1.20 bits per heavy atom. The lowest BCUT2D eigenvalue weighted by Crippen LogP contribution is -2.18. The highest BCUT2D eigenvalue weighted by Crippen LogP contribution is 2.21. The highest BCUT2D eigenvalue weighted by atomic mass is 19.1. The van der Waals surface area contributed by atoms with Crippen molar-refractivity contribution < 1.29 is 13.9 Å². The molecule has 0 aliphatic carbocycles. The van der Waals surface area contributed by atoms with Crippen molar-refractivity contribution in [2.45, 2.75) is 39.7 Å². The van der Waals surface area contributed by atoms with Crippen molar-refractivity contribution in [2.24, 2.45) is 0 Å². The second-order valence-corrected chi connectivity index (χ2v) is 4.78. The van der Waals surface area contributed by atoms with Crippen LogP contribution in [0.5, 0.6) is 5.75 Å². The highest BCUT2D eigenvalue weighted by Gasteiger charge is 2.10. The van der Waals surface area contributed by atoms with Crippen molar-refractivity contribution in [1.29, 1.82) is 0 Å². The van der Waals surface area contributed by atoms with Crippen LogP contribution in [0, 0.1) is 5.82 Å². The Bertz CT molecular complexity index is 385. The third-order valence-corrected chi connectivity index (χ3v) is 3.09. The van der Waals surface area contributed by atoms with Crippen LogP contribution in [0.15, 0.2) is 18.2 Å². The molecular weight excluding hydrogens is 257 g/mol.